The molecule has 0 bridgehead atoms. The predicted octanol–water partition coefficient (Wildman–Crippen LogP) is -2.82. The van der Waals surface area contributed by atoms with Crippen molar-refractivity contribution in [2.24, 2.45) is 0 Å². The molecule has 0 aliphatic heterocycles. The van der Waals surface area contributed by atoms with Crippen LogP contribution in [-0.2, 0) is 24.0 Å². The van der Waals surface area contributed by atoms with Crippen LogP contribution in [0, 0.1) is 0 Å². The van der Waals surface area contributed by atoms with Crippen molar-refractivity contribution in [2.45, 2.75) is 0 Å². The van der Waals surface area contributed by atoms with Gasteiger partial charge in [0.05, 0.1) is 4.97 Å². The van der Waals surface area contributed by atoms with Gasteiger partial charge in [-0.1, -0.05) is 11.4 Å². The molecule has 0 atom stereocenters. The predicted molar refractivity (Wildman–Crippen MR) is 42.4 cm³/mol. The van der Waals surface area contributed by atoms with E-state index in [9.17, 15) is 4.79 Å². The summed E-state index contributed by atoms with van der Waals surface area (Å²) >= 11 is 0. The molecule has 0 heterocycles. The number of ether oxygens (including phenoxy) is 1. The summed E-state index contributed by atoms with van der Waals surface area (Å²) in [6.45, 7) is 2.94. The molecule has 0 aromatic rings. The Balaban J connectivity index is 0. The topological polar surface area (TPSA) is 54.0 Å². The Bertz CT molecular complexity index is 183. The molecule has 0 saturated heterocycles. The number of rotatable bonds is 6. The van der Waals surface area contributed by atoms with Gasteiger partial charge in [0.1, 0.15) is 14.2 Å². The maximum absolute atomic E-state index is 10.6. The fourth-order valence-corrected chi connectivity index (χ4v) is 0.419. The van der Waals surface area contributed by atoms with Crippen LogP contribution in [0.25, 0.3) is 0 Å². The highest BCUT2D eigenvalue weighted by molar-refractivity contribution is 5.81. The van der Waals surface area contributed by atoms with E-state index in [4.69, 9.17) is 14.5 Å². The second-order valence-electron chi connectivity index (χ2n) is 2.05. The third-order valence-corrected chi connectivity index (χ3v) is 1.32. The zero-order valence-corrected chi connectivity index (χ0v) is 9.11. The van der Waals surface area contributed by atoms with Gasteiger partial charge >= 0.3 is 5.97 Å². The maximum Gasteiger partial charge on any atom is 0.332 e. The highest BCUT2D eigenvalue weighted by atomic mass is 35.5. The number of halogens is 1. The highest BCUT2D eigenvalue weighted by Crippen LogP contribution is 2.03. The van der Waals surface area contributed by atoms with E-state index >= 15 is 0 Å². The third-order valence-electron chi connectivity index (χ3n) is 1.32. The first-order chi connectivity index (χ1) is 6.08. The molecule has 0 aliphatic rings. The van der Waals surface area contributed by atoms with Gasteiger partial charge in [-0.15, -0.1) is 9.68 Å². The van der Waals surface area contributed by atoms with Crippen molar-refractivity contribution in [3.05, 3.63) is 12.7 Å². The molecule has 0 spiro atoms. The van der Waals surface area contributed by atoms with Gasteiger partial charge in [0.25, 0.3) is 6.79 Å². The fraction of sp³-hybridized carbons (Fsp3) is 0.571. The molecule has 6 nitrogen and oxygen atoms in total. The summed E-state index contributed by atoms with van der Waals surface area (Å²) in [5.41, 5.74) is 0. The van der Waals surface area contributed by atoms with E-state index in [0.29, 0.717) is 0 Å². The number of carbonyl (C=O) groups is 1. The van der Waals surface area contributed by atoms with E-state index < -0.39 is 10.9 Å². The highest BCUT2D eigenvalue weighted by Gasteiger charge is 2.24. The largest absolute Gasteiger partial charge is 1.00 e. The van der Waals surface area contributed by atoms with Crippen molar-refractivity contribution >= 4 is 5.97 Å². The second-order valence-corrected chi connectivity index (χ2v) is 2.05. The minimum absolute atomic E-state index is 0. The summed E-state index contributed by atoms with van der Waals surface area (Å²) in [4.78, 5) is 24.5. The number of hydrogen-bond donors (Lipinski definition) is 0. The normalized spacial score (nSPS) is 10.2. The zero-order valence-electron chi connectivity index (χ0n) is 8.36. The molecule has 14 heavy (non-hydrogen) atoms. The number of quaternary nitrogens is 1. The monoisotopic (exact) mass is 227 g/mol. The number of nitrogens with zero attached hydrogens (tertiary/aromatic N) is 1. The van der Waals surface area contributed by atoms with Crippen molar-refractivity contribution in [1.29, 1.82) is 0 Å². The number of hydrogen-bond acceptors (Lipinski definition) is 5. The van der Waals surface area contributed by atoms with Crippen LogP contribution in [-0.4, -0.2) is 39.0 Å². The Labute approximate surface area is 88.8 Å². The lowest BCUT2D eigenvalue weighted by Crippen LogP contribution is -3.00. The van der Waals surface area contributed by atoms with Crippen molar-refractivity contribution in [3.8, 4) is 0 Å². The quantitative estimate of drug-likeness (QED) is 0.161. The number of esters is 1. The van der Waals surface area contributed by atoms with E-state index in [1.165, 1.54) is 21.3 Å². The first-order valence-corrected chi connectivity index (χ1v) is 3.49. The smallest absolute Gasteiger partial charge is 0.332 e. The van der Waals surface area contributed by atoms with Gasteiger partial charge in [0.2, 0.25) is 0 Å². The van der Waals surface area contributed by atoms with Crippen LogP contribution in [0.15, 0.2) is 12.7 Å². The molecule has 0 unspecified atom stereocenters. The summed E-state index contributed by atoms with van der Waals surface area (Å²) in [7, 11) is 4.26. The summed E-state index contributed by atoms with van der Waals surface area (Å²) in [5, 5.41) is 0. The minimum Gasteiger partial charge on any atom is -1.00 e. The lowest BCUT2D eigenvalue weighted by molar-refractivity contribution is -1.35. The van der Waals surface area contributed by atoms with Gasteiger partial charge in [0, 0.05) is 6.08 Å². The van der Waals surface area contributed by atoms with Gasteiger partial charge in [0.15, 0.2) is 7.05 Å². The van der Waals surface area contributed by atoms with Crippen LogP contribution in [0.3, 0.4) is 0 Å². The second kappa shape index (κ2) is 7.72. The zero-order chi connectivity index (χ0) is 10.3. The van der Waals surface area contributed by atoms with Crippen molar-refractivity contribution in [3.63, 3.8) is 0 Å². The fourth-order valence-electron chi connectivity index (χ4n) is 0.419. The molecule has 0 saturated carbocycles. The summed E-state index contributed by atoms with van der Waals surface area (Å²) in [5.74, 6) is -0.571. The molecule has 0 aromatic carbocycles. The molecule has 0 aliphatic carbocycles. The molecule has 0 N–H and O–H groups in total. The Morgan fingerprint density at radius 2 is 1.93 bits per heavy atom. The standard InChI is InChI=1S/C7H14NO5.ClH/c1-5-7(9)12-6-13-8(2,10-3)11-4;/h5H,1,6H2,2-4H3;1H/q+1;/p-1. The van der Waals surface area contributed by atoms with E-state index in [0.717, 1.165) is 6.08 Å². The van der Waals surface area contributed by atoms with Crippen LogP contribution >= 0.6 is 0 Å². The van der Waals surface area contributed by atoms with Gasteiger partial charge in [-0.05, 0) is 0 Å². The van der Waals surface area contributed by atoms with Crippen LogP contribution in [0.5, 0.6) is 0 Å². The molecule has 7 heteroatoms. The third kappa shape index (κ3) is 5.90. The van der Waals surface area contributed by atoms with Gasteiger partial charge in [-0.25, -0.2) is 4.79 Å². The van der Waals surface area contributed by atoms with Crippen LogP contribution in [0.1, 0.15) is 0 Å². The molecule has 0 aromatic heterocycles. The Morgan fingerprint density at radius 1 is 1.43 bits per heavy atom. The molecule has 84 valence electrons. The van der Waals surface area contributed by atoms with E-state index in [1.54, 1.807) is 0 Å². The van der Waals surface area contributed by atoms with Crippen molar-refractivity contribution < 1.29 is 41.4 Å². The average molecular weight is 228 g/mol. The molecule has 0 radical (unpaired) electrons. The lowest BCUT2D eigenvalue weighted by Gasteiger charge is -2.21. The van der Waals surface area contributed by atoms with E-state index in [2.05, 4.69) is 11.3 Å². The first-order valence-electron chi connectivity index (χ1n) is 3.49. The van der Waals surface area contributed by atoms with Crippen LogP contribution in [0.2, 0.25) is 0 Å². The maximum atomic E-state index is 10.6. The SMILES string of the molecule is C=CC(=O)OCO[N+](C)(OC)OC.[Cl-]. The minimum atomic E-state index is -0.571. The van der Waals surface area contributed by atoms with Crippen molar-refractivity contribution in [1.82, 2.24) is 0 Å². The number of hydroxylamine groups is 3. The Kier molecular flexibility index (Phi) is 8.71. The number of carbonyl (C=O) groups excluding carboxylic acids is 1. The summed E-state index contributed by atoms with van der Waals surface area (Å²) in [6, 6.07) is 0. The molecular formula is C7H14ClNO5. The summed E-state index contributed by atoms with van der Waals surface area (Å²) < 4.78 is 4.54. The summed E-state index contributed by atoms with van der Waals surface area (Å²) in [6.07, 6.45) is 1.04. The molecular weight excluding hydrogens is 214 g/mol. The van der Waals surface area contributed by atoms with Crippen LogP contribution < -0.4 is 12.4 Å². The van der Waals surface area contributed by atoms with Crippen molar-refractivity contribution in [2.75, 3.05) is 28.1 Å². The van der Waals surface area contributed by atoms with Gasteiger partial charge < -0.3 is 17.1 Å². The Morgan fingerprint density at radius 3 is 2.29 bits per heavy atom. The first kappa shape index (κ1) is 15.8. The van der Waals surface area contributed by atoms with Crippen LogP contribution in [0.4, 0.5) is 0 Å². The molecule has 0 amide bonds. The van der Waals surface area contributed by atoms with Gasteiger partial charge in [-0.3, -0.25) is 0 Å². The Hall–Kier alpha value is -0.660. The lowest BCUT2D eigenvalue weighted by atomic mass is 10.7. The average Bonchev–Trinajstić information content (AvgIpc) is 2.17. The van der Waals surface area contributed by atoms with E-state index in [-0.39, 0.29) is 19.2 Å². The van der Waals surface area contributed by atoms with Gasteiger partial charge in [-0.2, -0.15) is 0 Å². The van der Waals surface area contributed by atoms with E-state index in [1.807, 2.05) is 0 Å². The molecule has 0 rings (SSSR count). The molecule has 0 fully saturated rings.